The summed E-state index contributed by atoms with van der Waals surface area (Å²) in [5.74, 6) is 2.62. The Balaban J connectivity index is 1.29. The number of nitrogens with two attached hydrogens (primary N) is 1. The van der Waals surface area contributed by atoms with Crippen LogP contribution in [0.2, 0.25) is 0 Å². The van der Waals surface area contributed by atoms with E-state index in [1.807, 2.05) is 42.5 Å². The first-order valence-electron chi connectivity index (χ1n) is 13.9. The number of para-hydroxylation sites is 2. The average Bonchev–Trinajstić information content (AvgIpc) is 3.39. The average molecular weight is 548 g/mol. The molecule has 5 rings (SSSR count). The van der Waals surface area contributed by atoms with E-state index in [4.69, 9.17) is 30.2 Å². The van der Waals surface area contributed by atoms with Crippen molar-refractivity contribution in [3.8, 4) is 11.5 Å². The molecule has 1 aromatic heterocycles. The summed E-state index contributed by atoms with van der Waals surface area (Å²) >= 11 is 0. The van der Waals surface area contributed by atoms with Crippen LogP contribution >= 0.6 is 0 Å². The highest BCUT2D eigenvalue weighted by Crippen LogP contribution is 2.27. The summed E-state index contributed by atoms with van der Waals surface area (Å²) in [6, 6.07) is 14.6. The molecule has 1 unspecified atom stereocenters. The van der Waals surface area contributed by atoms with Crippen molar-refractivity contribution in [2.45, 2.75) is 43.9 Å². The van der Waals surface area contributed by atoms with Gasteiger partial charge in [-0.2, -0.15) is 4.99 Å². The summed E-state index contributed by atoms with van der Waals surface area (Å²) in [7, 11) is 7.58. The highest BCUT2D eigenvalue weighted by Gasteiger charge is 2.33. The lowest BCUT2D eigenvalue weighted by Crippen LogP contribution is -2.63. The molecule has 3 heterocycles. The number of imidazole rings is 1. The first kappa shape index (κ1) is 27.7. The van der Waals surface area contributed by atoms with Crippen LogP contribution in [0.5, 0.6) is 11.5 Å². The molecule has 214 valence electrons. The molecule has 11 heteroatoms. The number of methoxy groups -OCH3 is 2. The van der Waals surface area contributed by atoms with Crippen molar-refractivity contribution in [1.29, 1.82) is 0 Å². The zero-order chi connectivity index (χ0) is 28.1. The summed E-state index contributed by atoms with van der Waals surface area (Å²) in [6.07, 6.45) is 4.12. The fourth-order valence-corrected chi connectivity index (χ4v) is 5.29. The minimum absolute atomic E-state index is 0.538. The van der Waals surface area contributed by atoms with Crippen LogP contribution < -0.4 is 25.8 Å². The third kappa shape index (κ3) is 6.48. The quantitative estimate of drug-likeness (QED) is 0.321. The Morgan fingerprint density at radius 2 is 1.85 bits per heavy atom. The van der Waals surface area contributed by atoms with Crippen molar-refractivity contribution < 1.29 is 9.47 Å². The molecule has 1 fully saturated rings. The van der Waals surface area contributed by atoms with E-state index in [1.54, 1.807) is 14.2 Å². The van der Waals surface area contributed by atoms with Gasteiger partial charge in [0.15, 0.2) is 17.3 Å². The molecule has 0 aliphatic carbocycles. The van der Waals surface area contributed by atoms with Gasteiger partial charge in [-0.3, -0.25) is 5.73 Å². The summed E-state index contributed by atoms with van der Waals surface area (Å²) in [5, 5.41) is 6.87. The molecule has 5 N–H and O–H groups in total. The number of hydrogen-bond donors (Lipinski definition) is 4. The van der Waals surface area contributed by atoms with Gasteiger partial charge in [-0.05, 0) is 63.2 Å². The second kappa shape index (κ2) is 12.1. The predicted molar refractivity (Wildman–Crippen MR) is 159 cm³/mol. The fraction of sp³-hybridized carbons (Fsp3) is 0.483. The number of aromatic amines is 1. The van der Waals surface area contributed by atoms with Gasteiger partial charge in [-0.15, -0.1) is 0 Å². The second-order valence-electron chi connectivity index (χ2n) is 10.7. The van der Waals surface area contributed by atoms with Crippen molar-refractivity contribution in [3.63, 3.8) is 0 Å². The van der Waals surface area contributed by atoms with Gasteiger partial charge < -0.3 is 34.9 Å². The largest absolute Gasteiger partial charge is 0.493 e. The molecule has 0 saturated carbocycles. The monoisotopic (exact) mass is 547 g/mol. The topological polar surface area (TPSA) is 128 Å². The van der Waals surface area contributed by atoms with E-state index < -0.39 is 5.79 Å². The third-order valence-electron chi connectivity index (χ3n) is 7.67. The molecule has 0 spiro atoms. The minimum atomic E-state index is -1.01. The SMILES string of the molecule is COc1ccc(CCNC2=NC(N)(CCc3nc4ccccc4[nH]3)NC(N3CCC(N(C)C)CC3)=N2)cc1OC. The molecule has 1 atom stereocenters. The van der Waals surface area contributed by atoms with Crippen molar-refractivity contribution in [2.75, 3.05) is 47.9 Å². The number of likely N-dealkylation sites (tertiary alicyclic amines) is 1. The summed E-state index contributed by atoms with van der Waals surface area (Å²) < 4.78 is 10.8. The van der Waals surface area contributed by atoms with Gasteiger partial charge in [0.1, 0.15) is 5.82 Å². The van der Waals surface area contributed by atoms with Gasteiger partial charge in [0.05, 0.1) is 25.3 Å². The first-order chi connectivity index (χ1) is 19.4. The molecule has 0 radical (unpaired) electrons. The lowest BCUT2D eigenvalue weighted by Gasteiger charge is -2.40. The normalized spacial score (nSPS) is 19.8. The van der Waals surface area contributed by atoms with Gasteiger partial charge >= 0.3 is 0 Å². The number of nitrogens with one attached hydrogen (secondary N) is 3. The Morgan fingerprint density at radius 1 is 1.07 bits per heavy atom. The molecule has 0 amide bonds. The van der Waals surface area contributed by atoms with Crippen LogP contribution in [0, 0.1) is 0 Å². The van der Waals surface area contributed by atoms with Crippen LogP contribution in [0.1, 0.15) is 30.7 Å². The number of guanidine groups is 2. The molecule has 40 heavy (non-hydrogen) atoms. The molecule has 0 bridgehead atoms. The van der Waals surface area contributed by atoms with Crippen LogP contribution in [0.15, 0.2) is 52.4 Å². The molecular formula is C29H41N9O2. The van der Waals surface area contributed by atoms with E-state index in [1.165, 1.54) is 0 Å². The second-order valence-corrected chi connectivity index (χ2v) is 10.7. The molecule has 11 nitrogen and oxygen atoms in total. The van der Waals surface area contributed by atoms with E-state index in [-0.39, 0.29) is 0 Å². The maximum Gasteiger partial charge on any atom is 0.224 e. The molecule has 3 aromatic rings. The zero-order valence-corrected chi connectivity index (χ0v) is 23.9. The smallest absolute Gasteiger partial charge is 0.224 e. The maximum atomic E-state index is 6.89. The number of H-pyrrole nitrogens is 1. The Labute approximate surface area is 235 Å². The number of rotatable bonds is 9. The van der Waals surface area contributed by atoms with Crippen molar-refractivity contribution in [2.24, 2.45) is 15.7 Å². The molecular weight excluding hydrogens is 506 g/mol. The maximum absolute atomic E-state index is 6.89. The number of hydrogen-bond acceptors (Lipinski definition) is 10. The van der Waals surface area contributed by atoms with Gasteiger partial charge in [0, 0.05) is 38.5 Å². The van der Waals surface area contributed by atoms with Crippen molar-refractivity contribution in [3.05, 3.63) is 53.9 Å². The lowest BCUT2D eigenvalue weighted by atomic mass is 10.0. The number of aromatic nitrogens is 2. The number of aryl methyl sites for hydroxylation is 1. The van der Waals surface area contributed by atoms with Crippen LogP contribution in [0.25, 0.3) is 11.0 Å². The van der Waals surface area contributed by atoms with Crippen molar-refractivity contribution in [1.82, 2.24) is 30.4 Å². The van der Waals surface area contributed by atoms with E-state index >= 15 is 0 Å². The van der Waals surface area contributed by atoms with Gasteiger partial charge in [0.25, 0.3) is 0 Å². The van der Waals surface area contributed by atoms with Gasteiger partial charge in [-0.1, -0.05) is 18.2 Å². The predicted octanol–water partition coefficient (Wildman–Crippen LogP) is 2.30. The number of piperidine rings is 1. The number of fused-ring (bicyclic) bond motifs is 1. The van der Waals surface area contributed by atoms with Crippen LogP contribution in [-0.2, 0) is 12.8 Å². The summed E-state index contributed by atoms with van der Waals surface area (Å²) in [4.78, 5) is 22.4. The van der Waals surface area contributed by atoms with Gasteiger partial charge in [0.2, 0.25) is 11.9 Å². The molecule has 1 saturated heterocycles. The van der Waals surface area contributed by atoms with E-state index in [0.29, 0.717) is 42.9 Å². The third-order valence-corrected chi connectivity index (χ3v) is 7.67. The first-order valence-corrected chi connectivity index (χ1v) is 13.9. The Hall–Kier alpha value is -3.83. The number of nitrogens with zero attached hydrogens (tertiary/aromatic N) is 5. The number of aliphatic imine (C=N–C) groups is 2. The van der Waals surface area contributed by atoms with Crippen molar-refractivity contribution >= 4 is 23.0 Å². The summed E-state index contributed by atoms with van der Waals surface area (Å²) in [6.45, 7) is 2.47. The highest BCUT2D eigenvalue weighted by atomic mass is 16.5. The molecule has 2 aliphatic heterocycles. The highest BCUT2D eigenvalue weighted by molar-refractivity contribution is 5.97. The Morgan fingerprint density at radius 3 is 2.58 bits per heavy atom. The molecule has 2 aromatic carbocycles. The lowest BCUT2D eigenvalue weighted by molar-refractivity contribution is 0.185. The van der Waals surface area contributed by atoms with Crippen LogP contribution in [0.3, 0.4) is 0 Å². The summed E-state index contributed by atoms with van der Waals surface area (Å²) in [5.41, 5.74) is 9.99. The fourth-order valence-electron chi connectivity index (χ4n) is 5.29. The Bertz CT molecular complexity index is 1330. The van der Waals surface area contributed by atoms with Gasteiger partial charge in [-0.25, -0.2) is 9.98 Å². The van der Waals surface area contributed by atoms with Crippen LogP contribution in [-0.4, -0.2) is 91.5 Å². The standard InChI is InChI=1S/C29H41N9O2/c1-37(2)21-13-17-38(18-14-21)28-34-27(31-16-12-20-9-10-24(39-3)25(19-20)40-4)35-29(30,36-28)15-11-26-32-22-7-5-6-8-23(22)33-26/h5-10,19,21H,11-18,30H2,1-4H3,(H,32,33)(H2,31,34,35,36). The Kier molecular flexibility index (Phi) is 8.41. The minimum Gasteiger partial charge on any atom is -0.493 e. The van der Waals surface area contributed by atoms with Crippen LogP contribution in [0.4, 0.5) is 0 Å². The van der Waals surface area contributed by atoms with E-state index in [2.05, 4.69) is 39.5 Å². The van der Waals surface area contributed by atoms with E-state index in [9.17, 15) is 0 Å². The number of ether oxygens (including phenoxy) is 2. The zero-order valence-electron chi connectivity index (χ0n) is 23.9. The molecule has 2 aliphatic rings. The van der Waals surface area contributed by atoms with E-state index in [0.717, 1.165) is 60.7 Å². The number of benzene rings is 2.